The number of nitrogens with two attached hydrogens (primary N) is 1. The van der Waals surface area contributed by atoms with Crippen LogP contribution in [0.4, 0.5) is 5.69 Å². The normalized spacial score (nSPS) is 13.8. The van der Waals surface area contributed by atoms with E-state index in [1.807, 2.05) is 38.1 Å². The van der Waals surface area contributed by atoms with E-state index in [-0.39, 0.29) is 18.1 Å². The second kappa shape index (κ2) is 7.14. The zero-order chi connectivity index (χ0) is 14.3. The maximum atomic E-state index is 11.9. The Labute approximate surface area is 115 Å². The Morgan fingerprint density at radius 2 is 2.11 bits per heavy atom. The third-order valence-electron chi connectivity index (χ3n) is 3.56. The van der Waals surface area contributed by atoms with E-state index in [0.717, 1.165) is 17.7 Å². The van der Waals surface area contributed by atoms with E-state index in [1.165, 1.54) is 0 Å². The van der Waals surface area contributed by atoms with Crippen molar-refractivity contribution in [3.63, 3.8) is 0 Å². The van der Waals surface area contributed by atoms with Crippen LogP contribution in [-0.4, -0.2) is 23.2 Å². The van der Waals surface area contributed by atoms with Gasteiger partial charge in [0, 0.05) is 24.3 Å². The summed E-state index contributed by atoms with van der Waals surface area (Å²) in [6, 6.07) is 7.59. The van der Waals surface area contributed by atoms with Crippen molar-refractivity contribution in [3.05, 3.63) is 29.8 Å². The molecule has 0 spiro atoms. The first kappa shape index (κ1) is 15.5. The number of benzene rings is 1. The average molecular weight is 264 g/mol. The van der Waals surface area contributed by atoms with E-state index in [1.54, 1.807) is 0 Å². The Hall–Kier alpha value is -1.55. The number of nitrogen functional groups attached to an aromatic ring is 1. The maximum absolute atomic E-state index is 11.9. The Kier molecular flexibility index (Phi) is 5.83. The second-order valence-electron chi connectivity index (χ2n) is 5.13. The third kappa shape index (κ3) is 4.91. The van der Waals surface area contributed by atoms with Gasteiger partial charge in [-0.15, -0.1) is 0 Å². The predicted octanol–water partition coefficient (Wildman–Crippen LogP) is 1.87. The quantitative estimate of drug-likeness (QED) is 0.658. The minimum atomic E-state index is -0.325. The molecule has 0 aliphatic carbocycles. The number of rotatable bonds is 7. The van der Waals surface area contributed by atoms with E-state index < -0.39 is 0 Å². The van der Waals surface area contributed by atoms with Crippen LogP contribution in [0, 0.1) is 0 Å². The van der Waals surface area contributed by atoms with Crippen molar-refractivity contribution in [2.45, 2.75) is 45.1 Å². The van der Waals surface area contributed by atoms with Crippen molar-refractivity contribution in [1.29, 1.82) is 0 Å². The highest BCUT2D eigenvalue weighted by atomic mass is 16.3. The number of carbonyl (C=O) groups excluding carboxylic acids is 1. The number of nitrogens with one attached hydrogen (secondary N) is 1. The van der Waals surface area contributed by atoms with E-state index in [4.69, 9.17) is 10.8 Å². The molecule has 0 saturated carbocycles. The number of hydrogen-bond acceptors (Lipinski definition) is 3. The minimum Gasteiger partial charge on any atom is -0.399 e. The maximum Gasteiger partial charge on any atom is 0.220 e. The summed E-state index contributed by atoms with van der Waals surface area (Å²) in [5, 5.41) is 12.0. The number of carbonyl (C=O) groups is 1. The molecular formula is C15H24N2O2. The molecule has 0 heterocycles. The molecule has 1 atom stereocenters. The highest BCUT2D eigenvalue weighted by Crippen LogP contribution is 2.16. The van der Waals surface area contributed by atoms with Crippen LogP contribution in [0.3, 0.4) is 0 Å². The first-order chi connectivity index (χ1) is 9.00. The summed E-state index contributed by atoms with van der Waals surface area (Å²) in [4.78, 5) is 11.9. The van der Waals surface area contributed by atoms with Crippen LogP contribution in [0.1, 0.15) is 38.7 Å². The van der Waals surface area contributed by atoms with Crippen molar-refractivity contribution < 1.29 is 9.90 Å². The van der Waals surface area contributed by atoms with Gasteiger partial charge in [-0.2, -0.15) is 0 Å². The molecule has 4 N–H and O–H groups in total. The first-order valence-corrected chi connectivity index (χ1v) is 6.76. The van der Waals surface area contributed by atoms with Gasteiger partial charge in [0.05, 0.1) is 0 Å². The zero-order valence-corrected chi connectivity index (χ0v) is 11.8. The highest BCUT2D eigenvalue weighted by molar-refractivity contribution is 5.77. The largest absolute Gasteiger partial charge is 0.399 e. The molecule has 1 rings (SSSR count). The third-order valence-corrected chi connectivity index (χ3v) is 3.56. The molecule has 1 unspecified atom stereocenters. The summed E-state index contributed by atoms with van der Waals surface area (Å²) in [5.74, 6) is 0.000975. The number of aliphatic hydroxyl groups excluding tert-OH is 1. The molecular weight excluding hydrogens is 240 g/mol. The molecule has 19 heavy (non-hydrogen) atoms. The lowest BCUT2D eigenvalue weighted by Crippen LogP contribution is -2.46. The zero-order valence-electron chi connectivity index (χ0n) is 11.8. The predicted molar refractivity (Wildman–Crippen MR) is 77.7 cm³/mol. The van der Waals surface area contributed by atoms with E-state index in [2.05, 4.69) is 5.32 Å². The van der Waals surface area contributed by atoms with Crippen LogP contribution in [0.2, 0.25) is 0 Å². The molecule has 0 aromatic heterocycles. The lowest BCUT2D eigenvalue weighted by atomic mass is 9.94. The van der Waals surface area contributed by atoms with Gasteiger partial charge in [0.1, 0.15) is 0 Å². The Bertz CT molecular complexity index is 420. The first-order valence-electron chi connectivity index (χ1n) is 6.76. The van der Waals surface area contributed by atoms with Gasteiger partial charge in [-0.05, 0) is 37.8 Å². The standard InChI is InChI=1S/C15H24N2O2/c1-3-15(2,10-11-18)17-14(19)9-8-12-6-4-5-7-13(12)16/h4-7,18H,3,8-11,16H2,1-2H3,(H,17,19). The molecule has 0 aliphatic rings. The minimum absolute atomic E-state index is 0.000975. The van der Waals surface area contributed by atoms with Gasteiger partial charge in [0.15, 0.2) is 0 Å². The van der Waals surface area contributed by atoms with Crippen LogP contribution in [0.5, 0.6) is 0 Å². The summed E-state index contributed by atoms with van der Waals surface area (Å²) in [7, 11) is 0. The van der Waals surface area contributed by atoms with Gasteiger partial charge in [0.25, 0.3) is 0 Å². The number of anilines is 1. The molecule has 4 nitrogen and oxygen atoms in total. The number of hydrogen-bond donors (Lipinski definition) is 3. The second-order valence-corrected chi connectivity index (χ2v) is 5.13. The van der Waals surface area contributed by atoms with Gasteiger partial charge in [-0.25, -0.2) is 0 Å². The molecule has 0 radical (unpaired) electrons. The SMILES string of the molecule is CCC(C)(CCO)NC(=O)CCc1ccccc1N. The van der Waals surface area contributed by atoms with Crippen LogP contribution in [0.25, 0.3) is 0 Å². The van der Waals surface area contributed by atoms with Crippen molar-refractivity contribution in [2.75, 3.05) is 12.3 Å². The van der Waals surface area contributed by atoms with E-state index in [0.29, 0.717) is 19.3 Å². The summed E-state index contributed by atoms with van der Waals surface area (Å²) >= 11 is 0. The molecule has 0 saturated heterocycles. The number of aryl methyl sites for hydroxylation is 1. The molecule has 4 heteroatoms. The van der Waals surface area contributed by atoms with Gasteiger partial charge in [-0.1, -0.05) is 25.1 Å². The van der Waals surface area contributed by atoms with Crippen molar-refractivity contribution in [2.24, 2.45) is 0 Å². The molecule has 1 aromatic carbocycles. The smallest absolute Gasteiger partial charge is 0.220 e. The van der Waals surface area contributed by atoms with Crippen LogP contribution < -0.4 is 11.1 Å². The van der Waals surface area contributed by atoms with Crippen molar-refractivity contribution >= 4 is 11.6 Å². The lowest BCUT2D eigenvalue weighted by molar-refractivity contribution is -0.123. The van der Waals surface area contributed by atoms with Crippen LogP contribution in [0.15, 0.2) is 24.3 Å². The fourth-order valence-electron chi connectivity index (χ4n) is 1.98. The molecule has 106 valence electrons. The summed E-state index contributed by atoms with van der Waals surface area (Å²) < 4.78 is 0. The molecule has 1 aromatic rings. The molecule has 1 amide bonds. The Morgan fingerprint density at radius 3 is 2.68 bits per heavy atom. The lowest BCUT2D eigenvalue weighted by Gasteiger charge is -2.29. The van der Waals surface area contributed by atoms with Crippen LogP contribution in [-0.2, 0) is 11.2 Å². The van der Waals surface area contributed by atoms with Crippen LogP contribution >= 0.6 is 0 Å². The monoisotopic (exact) mass is 264 g/mol. The van der Waals surface area contributed by atoms with Crippen molar-refractivity contribution in [1.82, 2.24) is 5.32 Å². The average Bonchev–Trinajstić information content (AvgIpc) is 2.38. The summed E-state index contributed by atoms with van der Waals surface area (Å²) in [6.45, 7) is 4.04. The van der Waals surface area contributed by atoms with Gasteiger partial charge in [-0.3, -0.25) is 4.79 Å². The van der Waals surface area contributed by atoms with E-state index in [9.17, 15) is 4.79 Å². The fraction of sp³-hybridized carbons (Fsp3) is 0.533. The Morgan fingerprint density at radius 1 is 1.42 bits per heavy atom. The Balaban J connectivity index is 2.50. The molecule has 0 aliphatic heterocycles. The summed E-state index contributed by atoms with van der Waals surface area (Å²) in [5.41, 5.74) is 7.24. The topological polar surface area (TPSA) is 75.3 Å². The van der Waals surface area contributed by atoms with Gasteiger partial charge < -0.3 is 16.2 Å². The fourth-order valence-corrected chi connectivity index (χ4v) is 1.98. The number of amides is 1. The summed E-state index contributed by atoms with van der Waals surface area (Å²) in [6.07, 6.45) is 2.42. The van der Waals surface area contributed by atoms with E-state index >= 15 is 0 Å². The molecule has 0 bridgehead atoms. The molecule has 0 fully saturated rings. The number of para-hydroxylation sites is 1. The van der Waals surface area contributed by atoms with Gasteiger partial charge >= 0.3 is 0 Å². The highest BCUT2D eigenvalue weighted by Gasteiger charge is 2.23. The van der Waals surface area contributed by atoms with Gasteiger partial charge in [0.2, 0.25) is 5.91 Å². The van der Waals surface area contributed by atoms with Crippen molar-refractivity contribution in [3.8, 4) is 0 Å². The number of aliphatic hydroxyl groups is 1.